The molecule has 2 heteroatoms. The number of fused-ring (bicyclic) bond motifs is 3. The molecule has 0 aliphatic heterocycles. The minimum Gasteiger partial charge on any atom is -0.310 e. The van der Waals surface area contributed by atoms with E-state index in [4.69, 9.17) is 0 Å². The zero-order valence-electron chi connectivity index (χ0n) is 26.0. The van der Waals surface area contributed by atoms with Gasteiger partial charge in [-0.1, -0.05) is 82.9 Å². The van der Waals surface area contributed by atoms with Crippen molar-refractivity contribution in [2.75, 3.05) is 9.80 Å². The molecule has 6 aromatic rings. The Hall–Kier alpha value is -5.08. The third-order valence-electron chi connectivity index (χ3n) is 8.82. The summed E-state index contributed by atoms with van der Waals surface area (Å²) in [6.45, 7) is 8.57. The van der Waals surface area contributed by atoms with Crippen LogP contribution in [-0.4, -0.2) is 0 Å². The summed E-state index contributed by atoms with van der Waals surface area (Å²) in [5, 5.41) is 0. The number of benzene rings is 6. The van der Waals surface area contributed by atoms with Crippen molar-refractivity contribution in [3.05, 3.63) is 167 Å². The molecule has 0 N–H and O–H groups in total. The van der Waals surface area contributed by atoms with Crippen molar-refractivity contribution in [1.29, 1.82) is 0 Å². The molecule has 2 nitrogen and oxygen atoms in total. The van der Waals surface area contributed by atoms with Gasteiger partial charge in [-0.15, -0.1) is 0 Å². The smallest absolute Gasteiger partial charge is 0.0464 e. The van der Waals surface area contributed by atoms with E-state index in [1.807, 2.05) is 0 Å². The van der Waals surface area contributed by atoms with Gasteiger partial charge < -0.3 is 9.80 Å². The van der Waals surface area contributed by atoms with Gasteiger partial charge in [0.15, 0.2) is 0 Å². The zero-order chi connectivity index (χ0) is 30.2. The summed E-state index contributed by atoms with van der Waals surface area (Å²) < 4.78 is 0. The molecule has 7 rings (SSSR count). The maximum absolute atomic E-state index is 2.40. The average molecular weight is 571 g/mol. The van der Waals surface area contributed by atoms with Crippen molar-refractivity contribution >= 4 is 34.1 Å². The molecule has 0 saturated carbocycles. The Labute approximate surface area is 261 Å². The van der Waals surface area contributed by atoms with E-state index in [-0.39, 0.29) is 0 Å². The van der Waals surface area contributed by atoms with Crippen LogP contribution in [0.2, 0.25) is 0 Å². The molecule has 216 valence electrons. The van der Waals surface area contributed by atoms with E-state index in [2.05, 4.69) is 171 Å². The van der Waals surface area contributed by atoms with Gasteiger partial charge >= 0.3 is 0 Å². The Morgan fingerprint density at radius 2 is 0.568 bits per heavy atom. The highest BCUT2D eigenvalue weighted by Gasteiger charge is 2.21. The third-order valence-corrected chi connectivity index (χ3v) is 8.82. The lowest BCUT2D eigenvalue weighted by Gasteiger charge is -2.30. The van der Waals surface area contributed by atoms with Gasteiger partial charge in [0, 0.05) is 34.1 Å². The molecule has 0 amide bonds. The maximum atomic E-state index is 2.40. The van der Waals surface area contributed by atoms with Crippen molar-refractivity contribution in [3.63, 3.8) is 0 Å². The highest BCUT2D eigenvalue weighted by atomic mass is 15.1. The lowest BCUT2D eigenvalue weighted by atomic mass is 9.85. The fraction of sp³-hybridized carbons (Fsp3) is 0.143. The Morgan fingerprint density at radius 3 is 0.841 bits per heavy atom. The molecular formula is C42H38N2. The average Bonchev–Trinajstić information content (AvgIpc) is 3.04. The first-order valence-electron chi connectivity index (χ1n) is 15.6. The molecule has 0 spiro atoms. The molecule has 0 bridgehead atoms. The lowest BCUT2D eigenvalue weighted by molar-refractivity contribution is 0.940. The molecule has 1 aliphatic carbocycles. The lowest BCUT2D eigenvalue weighted by Crippen LogP contribution is -2.13. The second kappa shape index (κ2) is 11.5. The van der Waals surface area contributed by atoms with E-state index in [1.165, 1.54) is 78.6 Å². The number of rotatable bonds is 6. The van der Waals surface area contributed by atoms with Crippen molar-refractivity contribution in [1.82, 2.24) is 0 Å². The van der Waals surface area contributed by atoms with Gasteiger partial charge in [-0.05, 0) is 136 Å². The van der Waals surface area contributed by atoms with Crippen LogP contribution in [-0.2, 0) is 12.8 Å². The molecule has 0 fully saturated rings. The van der Waals surface area contributed by atoms with Gasteiger partial charge in [0.2, 0.25) is 0 Å². The molecule has 44 heavy (non-hydrogen) atoms. The maximum Gasteiger partial charge on any atom is 0.0464 e. The van der Waals surface area contributed by atoms with Crippen molar-refractivity contribution < 1.29 is 0 Å². The molecule has 1 aliphatic rings. The summed E-state index contributed by atoms with van der Waals surface area (Å²) in [5.74, 6) is 0. The van der Waals surface area contributed by atoms with Gasteiger partial charge in [-0.25, -0.2) is 0 Å². The van der Waals surface area contributed by atoms with Gasteiger partial charge in [-0.2, -0.15) is 0 Å². The van der Waals surface area contributed by atoms with Crippen LogP contribution < -0.4 is 9.80 Å². The number of anilines is 6. The summed E-state index contributed by atoms with van der Waals surface area (Å²) in [6, 6.07) is 49.3. The summed E-state index contributed by atoms with van der Waals surface area (Å²) in [5.41, 5.74) is 17.6. The molecule has 6 aromatic carbocycles. The summed E-state index contributed by atoms with van der Waals surface area (Å²) in [7, 11) is 0. The Morgan fingerprint density at radius 1 is 0.318 bits per heavy atom. The minimum atomic E-state index is 1.02. The SMILES string of the molecule is Cc1ccc(N(c2ccc(C)cc2)c2ccc3c(c2)CCc2cc(N(c4ccc(C)cc4)c4ccc(C)cc4)ccc2-3)cc1. The van der Waals surface area contributed by atoms with Crippen LogP contribution in [0.15, 0.2) is 133 Å². The quantitative estimate of drug-likeness (QED) is 0.196. The first kappa shape index (κ1) is 27.7. The topological polar surface area (TPSA) is 6.48 Å². The number of aryl methyl sites for hydroxylation is 6. The fourth-order valence-electron chi connectivity index (χ4n) is 6.32. The second-order valence-corrected chi connectivity index (χ2v) is 12.2. The molecule has 0 aromatic heterocycles. The van der Waals surface area contributed by atoms with Crippen molar-refractivity contribution in [2.45, 2.75) is 40.5 Å². The summed E-state index contributed by atoms with van der Waals surface area (Å²) in [6.07, 6.45) is 2.04. The largest absolute Gasteiger partial charge is 0.310 e. The van der Waals surface area contributed by atoms with E-state index < -0.39 is 0 Å². The van der Waals surface area contributed by atoms with E-state index in [9.17, 15) is 0 Å². The van der Waals surface area contributed by atoms with E-state index in [0.29, 0.717) is 0 Å². The van der Waals surface area contributed by atoms with Crippen LogP contribution in [0, 0.1) is 27.7 Å². The van der Waals surface area contributed by atoms with Gasteiger partial charge in [-0.3, -0.25) is 0 Å². The van der Waals surface area contributed by atoms with Gasteiger partial charge in [0.25, 0.3) is 0 Å². The van der Waals surface area contributed by atoms with E-state index >= 15 is 0 Å². The standard InChI is InChI=1S/C42H38N2/c1-29-5-15-35(16-6-29)43(36-17-7-30(2)8-18-36)39-23-25-41-33(27-39)13-14-34-28-40(24-26-42(34)41)44(37-19-9-31(3)10-20-37)38-21-11-32(4)12-22-38/h5-12,15-28H,13-14H2,1-4H3. The molecule has 0 unspecified atom stereocenters. The summed E-state index contributed by atoms with van der Waals surface area (Å²) in [4.78, 5) is 4.75. The summed E-state index contributed by atoms with van der Waals surface area (Å²) >= 11 is 0. The molecule has 0 radical (unpaired) electrons. The number of hydrogen-bond acceptors (Lipinski definition) is 2. The predicted molar refractivity (Wildman–Crippen MR) is 188 cm³/mol. The van der Waals surface area contributed by atoms with Crippen LogP contribution in [0.25, 0.3) is 11.1 Å². The molecule has 0 heterocycles. The van der Waals surface area contributed by atoms with Crippen LogP contribution in [0.3, 0.4) is 0 Å². The molecule has 0 saturated heterocycles. The highest BCUT2D eigenvalue weighted by molar-refractivity contribution is 5.84. The first-order valence-corrected chi connectivity index (χ1v) is 15.6. The fourth-order valence-corrected chi connectivity index (χ4v) is 6.32. The van der Waals surface area contributed by atoms with Crippen LogP contribution in [0.4, 0.5) is 34.1 Å². The zero-order valence-corrected chi connectivity index (χ0v) is 26.0. The first-order chi connectivity index (χ1) is 21.4. The Kier molecular flexibility index (Phi) is 7.28. The number of nitrogens with zero attached hydrogens (tertiary/aromatic N) is 2. The number of hydrogen-bond donors (Lipinski definition) is 0. The van der Waals surface area contributed by atoms with Crippen LogP contribution in [0.5, 0.6) is 0 Å². The van der Waals surface area contributed by atoms with E-state index in [0.717, 1.165) is 12.8 Å². The van der Waals surface area contributed by atoms with Crippen LogP contribution >= 0.6 is 0 Å². The second-order valence-electron chi connectivity index (χ2n) is 12.2. The third kappa shape index (κ3) is 5.40. The van der Waals surface area contributed by atoms with Crippen molar-refractivity contribution in [2.24, 2.45) is 0 Å². The van der Waals surface area contributed by atoms with Gasteiger partial charge in [0.1, 0.15) is 0 Å². The van der Waals surface area contributed by atoms with E-state index in [1.54, 1.807) is 0 Å². The van der Waals surface area contributed by atoms with Crippen molar-refractivity contribution in [3.8, 4) is 11.1 Å². The monoisotopic (exact) mass is 570 g/mol. The predicted octanol–water partition coefficient (Wildman–Crippen LogP) is 11.6. The van der Waals surface area contributed by atoms with Crippen LogP contribution in [0.1, 0.15) is 33.4 Å². The highest BCUT2D eigenvalue weighted by Crippen LogP contribution is 2.43. The normalized spacial score (nSPS) is 11.9. The Balaban J connectivity index is 1.27. The molecular weight excluding hydrogens is 532 g/mol. The minimum absolute atomic E-state index is 1.02. The molecule has 0 atom stereocenters. The Bertz CT molecular complexity index is 1680. The van der Waals surface area contributed by atoms with Gasteiger partial charge in [0.05, 0.1) is 0 Å².